The van der Waals surface area contributed by atoms with Gasteiger partial charge in [-0.25, -0.2) is 4.79 Å². The van der Waals surface area contributed by atoms with Crippen molar-refractivity contribution in [2.75, 3.05) is 23.6 Å². The fourth-order valence-electron chi connectivity index (χ4n) is 4.62. The predicted molar refractivity (Wildman–Crippen MR) is 139 cm³/mol. The molecule has 8 nitrogen and oxygen atoms in total. The number of rotatable bonds is 6. The molecule has 2 heterocycles. The van der Waals surface area contributed by atoms with Crippen LogP contribution < -0.4 is 15.0 Å². The Labute approximate surface area is 213 Å². The van der Waals surface area contributed by atoms with Gasteiger partial charge < -0.3 is 18.8 Å². The van der Waals surface area contributed by atoms with E-state index < -0.39 is 11.9 Å². The summed E-state index contributed by atoms with van der Waals surface area (Å²) in [6.45, 7) is 5.73. The van der Waals surface area contributed by atoms with E-state index in [1.54, 1.807) is 26.0 Å². The van der Waals surface area contributed by atoms with Gasteiger partial charge >= 0.3 is 5.97 Å². The molecule has 37 heavy (non-hydrogen) atoms. The van der Waals surface area contributed by atoms with Crippen LogP contribution in [0.2, 0.25) is 0 Å². The number of ketones is 1. The number of benzene rings is 3. The van der Waals surface area contributed by atoms with E-state index in [9.17, 15) is 14.4 Å². The first-order chi connectivity index (χ1) is 17.9. The summed E-state index contributed by atoms with van der Waals surface area (Å²) >= 11 is 0. The van der Waals surface area contributed by atoms with Gasteiger partial charge in [0.1, 0.15) is 17.1 Å². The van der Waals surface area contributed by atoms with Crippen molar-refractivity contribution in [2.24, 2.45) is 0 Å². The summed E-state index contributed by atoms with van der Waals surface area (Å²) < 4.78 is 16.7. The number of aryl methyl sites for hydroxylation is 1. The highest BCUT2D eigenvalue weighted by molar-refractivity contribution is 6.12. The maximum absolute atomic E-state index is 13.0. The number of Topliss-reactive ketones (excluding diaryl/α,β-unsaturated/α-hetero) is 1. The highest BCUT2D eigenvalue weighted by Gasteiger charge is 2.29. The molecule has 0 saturated carbocycles. The second-order valence-corrected chi connectivity index (χ2v) is 8.75. The largest absolute Gasteiger partial charge is 0.473 e. The molecule has 0 atom stereocenters. The highest BCUT2D eigenvalue weighted by atomic mass is 16.5. The monoisotopic (exact) mass is 498 g/mol. The van der Waals surface area contributed by atoms with Gasteiger partial charge in [-0.15, -0.1) is 0 Å². The van der Waals surface area contributed by atoms with Crippen molar-refractivity contribution in [3.63, 3.8) is 0 Å². The molecular weight excluding hydrogens is 472 g/mol. The number of esters is 1. The van der Waals surface area contributed by atoms with Gasteiger partial charge in [0.05, 0.1) is 18.7 Å². The SMILES string of the molecule is CCOC(=O)c1c(NC(=O)c2ccc(N3COc4ccc5ccccc5c4C3)cc2)oc(C)c1C(C)=O. The molecule has 1 amide bonds. The van der Waals surface area contributed by atoms with Crippen LogP contribution in [-0.4, -0.2) is 31.0 Å². The second kappa shape index (κ2) is 9.81. The molecule has 0 radical (unpaired) electrons. The van der Waals surface area contributed by atoms with Crippen molar-refractivity contribution >= 4 is 40.0 Å². The lowest BCUT2D eigenvalue weighted by Crippen LogP contribution is -2.32. The fourth-order valence-corrected chi connectivity index (χ4v) is 4.62. The number of carbonyl (C=O) groups is 3. The van der Waals surface area contributed by atoms with Gasteiger partial charge in [0.15, 0.2) is 12.5 Å². The first-order valence-electron chi connectivity index (χ1n) is 12.0. The maximum atomic E-state index is 13.0. The van der Waals surface area contributed by atoms with Crippen molar-refractivity contribution in [1.82, 2.24) is 0 Å². The maximum Gasteiger partial charge on any atom is 0.344 e. The van der Waals surface area contributed by atoms with Crippen LogP contribution in [0.25, 0.3) is 10.8 Å². The lowest BCUT2D eigenvalue weighted by atomic mass is 10.0. The average Bonchev–Trinajstić information content (AvgIpc) is 3.24. The number of ether oxygens (including phenoxy) is 2. The Morgan fingerprint density at radius 3 is 2.49 bits per heavy atom. The minimum atomic E-state index is -0.729. The topological polar surface area (TPSA) is 98.1 Å². The zero-order valence-corrected chi connectivity index (χ0v) is 20.8. The third-order valence-corrected chi connectivity index (χ3v) is 6.36. The van der Waals surface area contributed by atoms with Crippen LogP contribution >= 0.6 is 0 Å². The molecule has 1 aromatic heterocycles. The van der Waals surface area contributed by atoms with Crippen molar-refractivity contribution in [3.05, 3.63) is 88.7 Å². The molecule has 0 spiro atoms. The minimum Gasteiger partial charge on any atom is -0.473 e. The number of anilines is 2. The number of nitrogens with zero attached hydrogens (tertiary/aromatic N) is 1. The van der Waals surface area contributed by atoms with Gasteiger partial charge in [-0.3, -0.25) is 14.9 Å². The van der Waals surface area contributed by atoms with Gasteiger partial charge in [-0.1, -0.05) is 30.3 Å². The van der Waals surface area contributed by atoms with Crippen molar-refractivity contribution in [3.8, 4) is 5.75 Å². The summed E-state index contributed by atoms with van der Waals surface area (Å²) in [6, 6.07) is 19.3. The summed E-state index contributed by atoms with van der Waals surface area (Å²) in [7, 11) is 0. The first-order valence-corrected chi connectivity index (χ1v) is 12.0. The van der Waals surface area contributed by atoms with Crippen LogP contribution in [0.3, 0.4) is 0 Å². The lowest BCUT2D eigenvalue weighted by molar-refractivity contribution is 0.0524. The number of hydrogen-bond acceptors (Lipinski definition) is 7. The molecule has 4 aromatic rings. The standard InChI is InChI=1S/C29H26N2O6/c1-4-35-29(34)26-25(17(2)32)18(3)37-28(26)30-27(33)20-9-12-21(13-10-20)31-15-23-22-8-6-5-7-19(22)11-14-24(23)36-16-31/h5-14H,4,15-16H2,1-3H3,(H,30,33). The van der Waals surface area contributed by atoms with Gasteiger partial charge in [-0.05, 0) is 61.9 Å². The molecule has 1 N–H and O–H groups in total. The highest BCUT2D eigenvalue weighted by Crippen LogP contribution is 2.34. The van der Waals surface area contributed by atoms with Crippen molar-refractivity contribution in [1.29, 1.82) is 0 Å². The summed E-state index contributed by atoms with van der Waals surface area (Å²) in [5.74, 6) is -0.559. The molecule has 1 aliphatic heterocycles. The van der Waals surface area contributed by atoms with Crippen LogP contribution in [0.5, 0.6) is 5.75 Å². The lowest BCUT2D eigenvalue weighted by Gasteiger charge is -2.31. The van der Waals surface area contributed by atoms with E-state index in [1.165, 1.54) is 6.92 Å². The van der Waals surface area contributed by atoms with Crippen LogP contribution in [0.1, 0.15) is 56.2 Å². The third kappa shape index (κ3) is 4.53. The van der Waals surface area contributed by atoms with E-state index in [4.69, 9.17) is 13.9 Å². The predicted octanol–water partition coefficient (Wildman–Crippen LogP) is 5.73. The Kier molecular flexibility index (Phi) is 6.40. The normalized spacial score (nSPS) is 12.6. The van der Waals surface area contributed by atoms with E-state index >= 15 is 0 Å². The number of furan rings is 1. The van der Waals surface area contributed by atoms with E-state index in [-0.39, 0.29) is 35.2 Å². The summed E-state index contributed by atoms with van der Waals surface area (Å²) in [6.07, 6.45) is 0. The minimum absolute atomic E-state index is 0.0758. The zero-order chi connectivity index (χ0) is 26.1. The Balaban J connectivity index is 1.36. The number of fused-ring (bicyclic) bond motifs is 3. The molecule has 5 rings (SSSR count). The molecule has 3 aromatic carbocycles. The first kappa shape index (κ1) is 24.1. The van der Waals surface area contributed by atoms with Crippen molar-refractivity contribution in [2.45, 2.75) is 27.3 Å². The number of amides is 1. The van der Waals surface area contributed by atoms with E-state index in [1.807, 2.05) is 30.3 Å². The Hall–Kier alpha value is -4.59. The van der Waals surface area contributed by atoms with Crippen LogP contribution in [0.4, 0.5) is 11.6 Å². The second-order valence-electron chi connectivity index (χ2n) is 8.75. The number of carbonyl (C=O) groups excluding carboxylic acids is 3. The Bertz CT molecular complexity index is 1520. The molecule has 0 aliphatic carbocycles. The van der Waals surface area contributed by atoms with E-state index in [0.717, 1.165) is 27.8 Å². The summed E-state index contributed by atoms with van der Waals surface area (Å²) in [5, 5.41) is 4.92. The Morgan fingerprint density at radius 2 is 1.76 bits per heavy atom. The summed E-state index contributed by atoms with van der Waals surface area (Å²) in [4.78, 5) is 39.7. The van der Waals surface area contributed by atoms with Crippen LogP contribution in [0.15, 0.2) is 65.1 Å². The van der Waals surface area contributed by atoms with E-state index in [2.05, 4.69) is 28.4 Å². The zero-order valence-electron chi connectivity index (χ0n) is 20.8. The quantitative estimate of drug-likeness (QED) is 0.268. The average molecular weight is 499 g/mol. The molecule has 0 fully saturated rings. The van der Waals surface area contributed by atoms with Gasteiger partial charge in [0.2, 0.25) is 5.88 Å². The molecular formula is C29H26N2O6. The van der Waals surface area contributed by atoms with Gasteiger partial charge in [0.25, 0.3) is 5.91 Å². The smallest absolute Gasteiger partial charge is 0.344 e. The number of nitrogens with one attached hydrogen (secondary N) is 1. The summed E-state index contributed by atoms with van der Waals surface area (Å²) in [5.41, 5.74) is 2.40. The third-order valence-electron chi connectivity index (χ3n) is 6.36. The van der Waals surface area contributed by atoms with Gasteiger partial charge in [0, 0.05) is 16.8 Å². The molecule has 1 aliphatic rings. The molecule has 0 bridgehead atoms. The molecule has 0 unspecified atom stereocenters. The molecule has 0 saturated heterocycles. The number of hydrogen-bond donors (Lipinski definition) is 1. The van der Waals surface area contributed by atoms with E-state index in [0.29, 0.717) is 18.8 Å². The Morgan fingerprint density at radius 1 is 1.00 bits per heavy atom. The van der Waals surface area contributed by atoms with Crippen molar-refractivity contribution < 1.29 is 28.3 Å². The van der Waals surface area contributed by atoms with Crippen LogP contribution in [0, 0.1) is 6.92 Å². The molecule has 188 valence electrons. The fraction of sp³-hybridized carbons (Fsp3) is 0.207. The molecule has 8 heteroatoms. The van der Waals surface area contributed by atoms with Gasteiger partial charge in [-0.2, -0.15) is 0 Å². The van der Waals surface area contributed by atoms with Crippen LogP contribution in [-0.2, 0) is 11.3 Å².